The van der Waals surface area contributed by atoms with Crippen molar-refractivity contribution in [3.05, 3.63) is 22.6 Å². The molecule has 4 nitrogen and oxygen atoms in total. The van der Waals surface area contributed by atoms with Crippen LogP contribution in [0.4, 0.5) is 10.2 Å². The highest BCUT2D eigenvalue weighted by Crippen LogP contribution is 2.18. The van der Waals surface area contributed by atoms with Crippen LogP contribution >= 0.6 is 15.9 Å². The molecule has 0 spiro atoms. The number of nitrogens with two attached hydrogens (primary N) is 1. The van der Waals surface area contributed by atoms with Gasteiger partial charge in [-0.2, -0.15) is 0 Å². The Morgan fingerprint density at radius 3 is 2.94 bits per heavy atom. The molecular formula is C10H15BrFN3O. The third-order valence-corrected chi connectivity index (χ3v) is 2.47. The standard InChI is InChI=1S/C10H15BrFN3O/c1-15(5-8(13)6-16-2)10-9(12)3-7(11)4-14-10/h3-4,8H,5-6,13H2,1-2H3. The highest BCUT2D eigenvalue weighted by molar-refractivity contribution is 9.10. The van der Waals surface area contributed by atoms with E-state index in [2.05, 4.69) is 20.9 Å². The van der Waals surface area contributed by atoms with E-state index in [9.17, 15) is 4.39 Å². The quantitative estimate of drug-likeness (QED) is 0.891. The summed E-state index contributed by atoms with van der Waals surface area (Å²) >= 11 is 3.16. The summed E-state index contributed by atoms with van der Waals surface area (Å²) in [5.41, 5.74) is 5.78. The molecule has 1 atom stereocenters. The lowest BCUT2D eigenvalue weighted by Gasteiger charge is -2.22. The summed E-state index contributed by atoms with van der Waals surface area (Å²) in [4.78, 5) is 5.67. The SMILES string of the molecule is COCC(N)CN(C)c1ncc(Br)cc1F. The van der Waals surface area contributed by atoms with Crippen molar-refractivity contribution < 1.29 is 9.13 Å². The topological polar surface area (TPSA) is 51.4 Å². The molecule has 0 bridgehead atoms. The maximum atomic E-state index is 13.5. The summed E-state index contributed by atoms with van der Waals surface area (Å²) in [5.74, 6) is -0.0868. The molecule has 0 aromatic carbocycles. The van der Waals surface area contributed by atoms with Crippen molar-refractivity contribution in [2.24, 2.45) is 5.73 Å². The summed E-state index contributed by atoms with van der Waals surface area (Å²) < 4.78 is 19.1. The number of hydrogen-bond donors (Lipinski definition) is 1. The van der Waals surface area contributed by atoms with Crippen LogP contribution in [0.2, 0.25) is 0 Å². The minimum absolute atomic E-state index is 0.167. The molecule has 0 aliphatic carbocycles. The Bertz CT molecular complexity index is 351. The maximum Gasteiger partial charge on any atom is 0.166 e. The summed E-state index contributed by atoms with van der Waals surface area (Å²) in [6.07, 6.45) is 1.55. The Balaban J connectivity index is 2.69. The third-order valence-electron chi connectivity index (χ3n) is 2.04. The van der Waals surface area contributed by atoms with Gasteiger partial charge in [0.05, 0.1) is 6.61 Å². The third kappa shape index (κ3) is 3.70. The van der Waals surface area contributed by atoms with Gasteiger partial charge in [-0.05, 0) is 22.0 Å². The second-order valence-electron chi connectivity index (χ2n) is 3.55. The highest BCUT2D eigenvalue weighted by Gasteiger charge is 2.12. The van der Waals surface area contributed by atoms with Crippen molar-refractivity contribution in [1.29, 1.82) is 0 Å². The molecule has 6 heteroatoms. The number of halogens is 2. The smallest absolute Gasteiger partial charge is 0.166 e. The molecule has 1 heterocycles. The fourth-order valence-corrected chi connectivity index (χ4v) is 1.70. The summed E-state index contributed by atoms with van der Waals surface area (Å²) in [7, 11) is 3.33. The predicted molar refractivity (Wildman–Crippen MR) is 65.0 cm³/mol. The largest absolute Gasteiger partial charge is 0.383 e. The first-order chi connectivity index (χ1) is 7.54. The fourth-order valence-electron chi connectivity index (χ4n) is 1.39. The minimum Gasteiger partial charge on any atom is -0.383 e. The zero-order valence-corrected chi connectivity index (χ0v) is 10.9. The Morgan fingerprint density at radius 1 is 1.69 bits per heavy atom. The van der Waals surface area contributed by atoms with Gasteiger partial charge in [0.1, 0.15) is 0 Å². The van der Waals surface area contributed by atoms with E-state index in [1.165, 1.54) is 6.07 Å². The zero-order chi connectivity index (χ0) is 12.1. The number of nitrogens with zero attached hydrogens (tertiary/aromatic N) is 2. The van der Waals surface area contributed by atoms with E-state index >= 15 is 0 Å². The van der Waals surface area contributed by atoms with Crippen molar-refractivity contribution in [2.45, 2.75) is 6.04 Å². The molecule has 1 aromatic heterocycles. The first kappa shape index (κ1) is 13.3. The first-order valence-electron chi connectivity index (χ1n) is 4.81. The summed E-state index contributed by atoms with van der Waals surface area (Å²) in [6.45, 7) is 0.919. The van der Waals surface area contributed by atoms with Crippen LogP contribution in [0.5, 0.6) is 0 Å². The van der Waals surface area contributed by atoms with Gasteiger partial charge in [-0.15, -0.1) is 0 Å². The number of methoxy groups -OCH3 is 1. The van der Waals surface area contributed by atoms with Gasteiger partial charge in [0.2, 0.25) is 0 Å². The van der Waals surface area contributed by atoms with E-state index in [0.29, 0.717) is 17.6 Å². The summed E-state index contributed by atoms with van der Waals surface area (Å²) in [5, 5.41) is 0. The highest BCUT2D eigenvalue weighted by atomic mass is 79.9. The van der Waals surface area contributed by atoms with Crippen molar-refractivity contribution in [3.8, 4) is 0 Å². The van der Waals surface area contributed by atoms with Gasteiger partial charge in [0, 0.05) is 37.4 Å². The molecule has 0 aliphatic rings. The fraction of sp³-hybridized carbons (Fsp3) is 0.500. The van der Waals surface area contributed by atoms with Crippen LogP contribution in [0.15, 0.2) is 16.7 Å². The number of ether oxygens (including phenoxy) is 1. The Labute approximate surface area is 103 Å². The van der Waals surface area contributed by atoms with Crippen LogP contribution in [0.3, 0.4) is 0 Å². The molecule has 16 heavy (non-hydrogen) atoms. The molecule has 0 fully saturated rings. The van der Waals surface area contributed by atoms with E-state index in [4.69, 9.17) is 10.5 Å². The number of aromatic nitrogens is 1. The predicted octanol–water partition coefficient (Wildman–Crippen LogP) is 1.39. The second-order valence-corrected chi connectivity index (χ2v) is 4.47. The Kier molecular flexibility index (Phi) is 5.11. The van der Waals surface area contributed by atoms with Crippen LogP contribution < -0.4 is 10.6 Å². The van der Waals surface area contributed by atoms with Gasteiger partial charge < -0.3 is 15.4 Å². The van der Waals surface area contributed by atoms with Crippen LogP contribution in [0.25, 0.3) is 0 Å². The molecule has 0 radical (unpaired) electrons. The minimum atomic E-state index is -0.374. The molecule has 1 unspecified atom stereocenters. The van der Waals surface area contributed by atoms with Crippen molar-refractivity contribution in [1.82, 2.24) is 4.98 Å². The Morgan fingerprint density at radius 2 is 2.38 bits per heavy atom. The van der Waals surface area contributed by atoms with Crippen LogP contribution in [0.1, 0.15) is 0 Å². The summed E-state index contributed by atoms with van der Waals surface area (Å²) in [6, 6.07) is 1.21. The van der Waals surface area contributed by atoms with Crippen molar-refractivity contribution >= 4 is 21.7 Å². The number of rotatable bonds is 5. The molecule has 0 saturated carbocycles. The van der Waals surface area contributed by atoms with E-state index in [1.807, 2.05) is 0 Å². The van der Waals surface area contributed by atoms with Gasteiger partial charge in [0.25, 0.3) is 0 Å². The average Bonchev–Trinajstić information content (AvgIpc) is 2.17. The normalized spacial score (nSPS) is 12.6. The van der Waals surface area contributed by atoms with E-state index in [0.717, 1.165) is 0 Å². The molecule has 0 amide bonds. The number of likely N-dealkylation sites (N-methyl/N-ethyl adjacent to an activating group) is 1. The van der Waals surface area contributed by atoms with Gasteiger partial charge in [-0.25, -0.2) is 9.37 Å². The number of hydrogen-bond acceptors (Lipinski definition) is 4. The molecule has 0 saturated heterocycles. The van der Waals surface area contributed by atoms with Crippen LogP contribution in [0, 0.1) is 5.82 Å². The molecular weight excluding hydrogens is 277 g/mol. The number of pyridine rings is 1. The monoisotopic (exact) mass is 291 g/mol. The van der Waals surface area contributed by atoms with Gasteiger partial charge in [0.15, 0.2) is 11.6 Å². The molecule has 1 rings (SSSR count). The van der Waals surface area contributed by atoms with E-state index in [1.54, 1.807) is 25.3 Å². The maximum absolute atomic E-state index is 13.5. The second kappa shape index (κ2) is 6.12. The Hall–Kier alpha value is -0.720. The lowest BCUT2D eigenvalue weighted by Crippen LogP contribution is -2.39. The van der Waals surface area contributed by atoms with Gasteiger partial charge >= 0.3 is 0 Å². The van der Waals surface area contributed by atoms with E-state index in [-0.39, 0.29) is 17.7 Å². The molecule has 2 N–H and O–H groups in total. The molecule has 90 valence electrons. The molecule has 0 aliphatic heterocycles. The lowest BCUT2D eigenvalue weighted by molar-refractivity contribution is 0.181. The zero-order valence-electron chi connectivity index (χ0n) is 9.28. The van der Waals surface area contributed by atoms with Crippen molar-refractivity contribution in [2.75, 3.05) is 32.2 Å². The van der Waals surface area contributed by atoms with Gasteiger partial charge in [-0.3, -0.25) is 0 Å². The van der Waals surface area contributed by atoms with Crippen LogP contribution in [-0.4, -0.2) is 38.3 Å². The molecule has 1 aromatic rings. The lowest BCUT2D eigenvalue weighted by atomic mass is 10.3. The first-order valence-corrected chi connectivity index (χ1v) is 5.60. The van der Waals surface area contributed by atoms with Gasteiger partial charge in [-0.1, -0.05) is 0 Å². The van der Waals surface area contributed by atoms with Crippen LogP contribution in [-0.2, 0) is 4.74 Å². The van der Waals surface area contributed by atoms with E-state index < -0.39 is 0 Å². The average molecular weight is 292 g/mol. The number of anilines is 1. The van der Waals surface area contributed by atoms with Crippen molar-refractivity contribution in [3.63, 3.8) is 0 Å².